The summed E-state index contributed by atoms with van der Waals surface area (Å²) in [5.74, 6) is 0.627. The summed E-state index contributed by atoms with van der Waals surface area (Å²) in [5.41, 5.74) is 15.3. The molecule has 0 saturated carbocycles. The lowest BCUT2D eigenvalue weighted by molar-refractivity contribution is 0.614. The van der Waals surface area contributed by atoms with Crippen LogP contribution in [-0.4, -0.2) is 11.0 Å². The standard InChI is InChI=1S/C12H17N3/c1-8-6-11(12(14)15-7-8)9-2-4-10(13)5-3-9/h2,6-7,10H,3-5,13H2,1H3,(H2,14,15). The summed E-state index contributed by atoms with van der Waals surface area (Å²) < 4.78 is 0. The van der Waals surface area contributed by atoms with Crippen molar-refractivity contribution in [2.75, 3.05) is 5.73 Å². The van der Waals surface area contributed by atoms with Crippen LogP contribution in [0, 0.1) is 6.92 Å². The number of hydrogen-bond acceptors (Lipinski definition) is 3. The molecule has 0 aromatic carbocycles. The van der Waals surface area contributed by atoms with E-state index in [1.54, 1.807) is 6.20 Å². The molecule has 80 valence electrons. The van der Waals surface area contributed by atoms with Crippen molar-refractivity contribution in [1.29, 1.82) is 0 Å². The number of aryl methyl sites for hydroxylation is 1. The molecule has 1 unspecified atom stereocenters. The van der Waals surface area contributed by atoms with Gasteiger partial charge >= 0.3 is 0 Å². The Hall–Kier alpha value is -1.35. The van der Waals surface area contributed by atoms with E-state index in [1.807, 2.05) is 6.92 Å². The summed E-state index contributed by atoms with van der Waals surface area (Å²) in [6.45, 7) is 2.03. The van der Waals surface area contributed by atoms with Crippen LogP contribution >= 0.6 is 0 Å². The lowest BCUT2D eigenvalue weighted by Crippen LogP contribution is -2.21. The number of pyridine rings is 1. The van der Waals surface area contributed by atoms with E-state index in [0.717, 1.165) is 30.4 Å². The number of hydrogen-bond donors (Lipinski definition) is 2. The molecule has 15 heavy (non-hydrogen) atoms. The molecule has 1 atom stereocenters. The second kappa shape index (κ2) is 4.03. The second-order valence-electron chi connectivity index (χ2n) is 4.21. The molecule has 2 rings (SSSR count). The van der Waals surface area contributed by atoms with Crippen LogP contribution in [0.5, 0.6) is 0 Å². The van der Waals surface area contributed by atoms with E-state index in [1.165, 1.54) is 5.57 Å². The number of nitrogen functional groups attached to an aromatic ring is 1. The van der Waals surface area contributed by atoms with Gasteiger partial charge in [0, 0.05) is 17.8 Å². The van der Waals surface area contributed by atoms with Crippen molar-refractivity contribution in [3.63, 3.8) is 0 Å². The summed E-state index contributed by atoms with van der Waals surface area (Å²) in [4.78, 5) is 4.18. The normalized spacial score (nSPS) is 21.2. The fourth-order valence-corrected chi connectivity index (χ4v) is 1.94. The lowest BCUT2D eigenvalue weighted by Gasteiger charge is -2.19. The molecule has 0 spiro atoms. The van der Waals surface area contributed by atoms with Gasteiger partial charge in [0.05, 0.1) is 0 Å². The molecule has 0 aliphatic heterocycles. The highest BCUT2D eigenvalue weighted by molar-refractivity contribution is 5.73. The zero-order valence-corrected chi connectivity index (χ0v) is 9.03. The van der Waals surface area contributed by atoms with Gasteiger partial charge in [0.1, 0.15) is 5.82 Å². The Morgan fingerprint density at radius 1 is 1.47 bits per heavy atom. The van der Waals surface area contributed by atoms with Crippen LogP contribution in [0.4, 0.5) is 5.82 Å². The van der Waals surface area contributed by atoms with Crippen molar-refractivity contribution in [3.05, 3.63) is 29.5 Å². The largest absolute Gasteiger partial charge is 0.383 e. The van der Waals surface area contributed by atoms with Crippen LogP contribution in [0.2, 0.25) is 0 Å². The Kier molecular flexibility index (Phi) is 2.73. The minimum Gasteiger partial charge on any atom is -0.383 e. The van der Waals surface area contributed by atoms with E-state index < -0.39 is 0 Å². The van der Waals surface area contributed by atoms with Crippen molar-refractivity contribution in [2.24, 2.45) is 5.73 Å². The quantitative estimate of drug-likeness (QED) is 0.732. The highest BCUT2D eigenvalue weighted by Gasteiger charge is 2.14. The Bertz CT molecular complexity index is 396. The molecule has 0 saturated heterocycles. The second-order valence-corrected chi connectivity index (χ2v) is 4.21. The third-order valence-electron chi connectivity index (χ3n) is 2.85. The first-order chi connectivity index (χ1) is 7.16. The number of anilines is 1. The van der Waals surface area contributed by atoms with Gasteiger partial charge in [-0.2, -0.15) is 0 Å². The molecule has 3 heteroatoms. The smallest absolute Gasteiger partial charge is 0.130 e. The Balaban J connectivity index is 2.33. The molecule has 1 aliphatic carbocycles. The van der Waals surface area contributed by atoms with Crippen molar-refractivity contribution in [1.82, 2.24) is 4.98 Å². The Morgan fingerprint density at radius 2 is 2.27 bits per heavy atom. The fourth-order valence-electron chi connectivity index (χ4n) is 1.94. The summed E-state index contributed by atoms with van der Waals surface area (Å²) in [7, 11) is 0. The van der Waals surface area contributed by atoms with Gasteiger partial charge in [0.2, 0.25) is 0 Å². The van der Waals surface area contributed by atoms with Crippen LogP contribution < -0.4 is 11.5 Å². The maximum absolute atomic E-state index is 5.87. The number of aromatic nitrogens is 1. The molecular weight excluding hydrogens is 186 g/mol. The van der Waals surface area contributed by atoms with Crippen molar-refractivity contribution < 1.29 is 0 Å². The SMILES string of the molecule is Cc1cnc(N)c(C2=CCC(N)CC2)c1. The van der Waals surface area contributed by atoms with Crippen molar-refractivity contribution in [2.45, 2.75) is 32.2 Å². The van der Waals surface area contributed by atoms with E-state index in [9.17, 15) is 0 Å². The molecule has 3 nitrogen and oxygen atoms in total. The maximum Gasteiger partial charge on any atom is 0.130 e. The minimum atomic E-state index is 0.313. The van der Waals surface area contributed by atoms with Crippen LogP contribution in [0.25, 0.3) is 5.57 Å². The van der Waals surface area contributed by atoms with E-state index in [2.05, 4.69) is 17.1 Å². The topological polar surface area (TPSA) is 64.9 Å². The maximum atomic E-state index is 5.87. The van der Waals surface area contributed by atoms with Crippen LogP contribution in [0.15, 0.2) is 18.3 Å². The Morgan fingerprint density at radius 3 is 2.93 bits per heavy atom. The number of allylic oxidation sites excluding steroid dienone is 1. The van der Waals surface area contributed by atoms with E-state index in [-0.39, 0.29) is 0 Å². The molecular formula is C12H17N3. The van der Waals surface area contributed by atoms with Gasteiger partial charge < -0.3 is 11.5 Å². The van der Waals surface area contributed by atoms with E-state index in [4.69, 9.17) is 11.5 Å². The summed E-state index contributed by atoms with van der Waals surface area (Å²) in [6.07, 6.45) is 6.99. The van der Waals surface area contributed by atoms with Gasteiger partial charge in [-0.15, -0.1) is 0 Å². The van der Waals surface area contributed by atoms with E-state index >= 15 is 0 Å². The highest BCUT2D eigenvalue weighted by Crippen LogP contribution is 2.29. The lowest BCUT2D eigenvalue weighted by atomic mass is 9.91. The first-order valence-electron chi connectivity index (χ1n) is 5.34. The molecule has 0 fully saturated rings. The zero-order chi connectivity index (χ0) is 10.8. The summed E-state index contributed by atoms with van der Waals surface area (Å²) in [5, 5.41) is 0. The fraction of sp³-hybridized carbons (Fsp3) is 0.417. The minimum absolute atomic E-state index is 0.313. The van der Waals surface area contributed by atoms with Crippen LogP contribution in [-0.2, 0) is 0 Å². The van der Waals surface area contributed by atoms with Gasteiger partial charge in [0.25, 0.3) is 0 Å². The molecule has 0 amide bonds. The van der Waals surface area contributed by atoms with Gasteiger partial charge in [0.15, 0.2) is 0 Å². The third-order valence-corrected chi connectivity index (χ3v) is 2.85. The van der Waals surface area contributed by atoms with Crippen LogP contribution in [0.3, 0.4) is 0 Å². The number of nitrogens with two attached hydrogens (primary N) is 2. The molecule has 1 heterocycles. The molecule has 1 aromatic rings. The molecule has 0 bridgehead atoms. The third kappa shape index (κ3) is 2.18. The van der Waals surface area contributed by atoms with Crippen LogP contribution in [0.1, 0.15) is 30.4 Å². The first-order valence-corrected chi connectivity index (χ1v) is 5.34. The number of nitrogens with zero attached hydrogens (tertiary/aromatic N) is 1. The predicted molar refractivity (Wildman–Crippen MR) is 63.2 cm³/mol. The predicted octanol–water partition coefficient (Wildman–Crippen LogP) is 1.87. The molecule has 1 aromatic heterocycles. The van der Waals surface area contributed by atoms with Gasteiger partial charge in [-0.05, 0) is 43.4 Å². The highest BCUT2D eigenvalue weighted by atomic mass is 14.8. The summed E-state index contributed by atoms with van der Waals surface area (Å²) in [6, 6.07) is 2.41. The Labute approximate surface area is 90.2 Å². The van der Waals surface area contributed by atoms with E-state index in [0.29, 0.717) is 11.9 Å². The molecule has 0 radical (unpaired) electrons. The number of rotatable bonds is 1. The molecule has 1 aliphatic rings. The van der Waals surface area contributed by atoms with Gasteiger partial charge in [-0.25, -0.2) is 4.98 Å². The monoisotopic (exact) mass is 203 g/mol. The average Bonchev–Trinajstić information content (AvgIpc) is 2.23. The molecule has 4 N–H and O–H groups in total. The van der Waals surface area contributed by atoms with Crippen molar-refractivity contribution in [3.8, 4) is 0 Å². The van der Waals surface area contributed by atoms with Gasteiger partial charge in [-0.1, -0.05) is 6.08 Å². The summed E-state index contributed by atoms with van der Waals surface area (Å²) >= 11 is 0. The average molecular weight is 203 g/mol. The van der Waals surface area contributed by atoms with Crippen molar-refractivity contribution >= 4 is 11.4 Å². The van der Waals surface area contributed by atoms with Gasteiger partial charge in [-0.3, -0.25) is 0 Å². The zero-order valence-electron chi connectivity index (χ0n) is 9.03. The first kappa shape index (κ1) is 10.2.